The highest BCUT2D eigenvalue weighted by Crippen LogP contribution is 2.54. The van der Waals surface area contributed by atoms with Gasteiger partial charge in [0.2, 0.25) is 9.70 Å². The number of thioether (sulfide) groups is 1. The third kappa shape index (κ3) is 4.23. The molecule has 2 heterocycles. The van der Waals surface area contributed by atoms with Gasteiger partial charge in [0.05, 0.1) is 12.5 Å². The highest BCUT2D eigenvalue weighted by molar-refractivity contribution is 8.01. The Balaban J connectivity index is 2.00. The molecule has 2 saturated heterocycles. The maximum atomic E-state index is 12.5. The molecule has 0 N–H and O–H groups in total. The molecular formula is C14H18Cl3NO6S. The molecule has 0 aromatic rings. The molecule has 7 nitrogen and oxygen atoms in total. The fraction of sp³-hybridized carbons (Fsp3) is 0.786. The first kappa shape index (κ1) is 20.7. The maximum Gasteiger partial charge on any atom is 0.508 e. The van der Waals surface area contributed by atoms with Crippen LogP contribution in [0.4, 0.5) is 4.79 Å². The number of rotatable bonds is 4. The van der Waals surface area contributed by atoms with E-state index in [4.69, 9.17) is 49.0 Å². The molecule has 0 radical (unpaired) electrons. The Hall–Kier alpha value is -0.570. The number of halogens is 3. The number of carbonyl (C=O) groups is 3. The van der Waals surface area contributed by atoms with Crippen molar-refractivity contribution in [1.29, 1.82) is 0 Å². The smallest absolute Gasteiger partial charge is 0.467 e. The minimum absolute atomic E-state index is 0.278. The number of fused-ring (bicyclic) bond motifs is 1. The third-order valence-corrected chi connectivity index (χ3v) is 5.97. The van der Waals surface area contributed by atoms with Gasteiger partial charge >= 0.3 is 12.1 Å². The van der Waals surface area contributed by atoms with Crippen LogP contribution >= 0.6 is 46.6 Å². The van der Waals surface area contributed by atoms with E-state index in [1.807, 2.05) is 13.8 Å². The van der Waals surface area contributed by atoms with Crippen LogP contribution in [0.1, 0.15) is 20.8 Å². The van der Waals surface area contributed by atoms with Gasteiger partial charge in [-0.2, -0.15) is 0 Å². The molecule has 2 aliphatic rings. The van der Waals surface area contributed by atoms with Gasteiger partial charge < -0.3 is 19.1 Å². The van der Waals surface area contributed by atoms with Gasteiger partial charge in [0.1, 0.15) is 24.7 Å². The summed E-state index contributed by atoms with van der Waals surface area (Å²) in [6, 6.07) is -0.681. The quantitative estimate of drug-likeness (QED) is 0.382. The Morgan fingerprint density at radius 2 is 1.96 bits per heavy atom. The zero-order valence-corrected chi connectivity index (χ0v) is 17.0. The molecular weight excluding hydrogens is 417 g/mol. The molecule has 142 valence electrons. The lowest BCUT2D eigenvalue weighted by Gasteiger charge is -2.45. The van der Waals surface area contributed by atoms with Crippen molar-refractivity contribution in [2.75, 3.05) is 13.7 Å². The Labute approximate surface area is 164 Å². The molecule has 11 heteroatoms. The van der Waals surface area contributed by atoms with Gasteiger partial charge in [0.25, 0.3) is 0 Å². The summed E-state index contributed by atoms with van der Waals surface area (Å²) >= 11 is 17.9. The third-order valence-electron chi connectivity index (χ3n) is 4.05. The number of amides is 1. The number of hydrogen-bond donors (Lipinski definition) is 0. The number of hydrogen-bond acceptors (Lipinski definition) is 7. The molecule has 2 fully saturated rings. The summed E-state index contributed by atoms with van der Waals surface area (Å²) in [6.07, 6.45) is -1.78. The summed E-state index contributed by atoms with van der Waals surface area (Å²) in [6.45, 7) is 4.84. The van der Waals surface area contributed by atoms with Crippen molar-refractivity contribution in [2.45, 2.75) is 46.8 Å². The Morgan fingerprint density at radius 1 is 1.36 bits per heavy atom. The molecule has 2 rings (SSSR count). The Bertz CT molecular complexity index is 581. The van der Waals surface area contributed by atoms with Gasteiger partial charge in [0, 0.05) is 4.75 Å². The molecule has 0 aromatic carbocycles. The van der Waals surface area contributed by atoms with Gasteiger partial charge in [-0.3, -0.25) is 4.79 Å². The molecule has 1 amide bonds. The first-order valence-electron chi connectivity index (χ1n) is 7.37. The summed E-state index contributed by atoms with van der Waals surface area (Å²) in [7, 11) is 1.28. The van der Waals surface area contributed by atoms with Crippen molar-refractivity contribution in [3.05, 3.63) is 0 Å². The molecule has 0 aromatic heterocycles. The van der Waals surface area contributed by atoms with Gasteiger partial charge in [-0.25, -0.2) is 9.59 Å². The van der Waals surface area contributed by atoms with Crippen molar-refractivity contribution in [2.24, 2.45) is 5.92 Å². The zero-order valence-electron chi connectivity index (χ0n) is 14.0. The molecule has 0 aliphatic carbocycles. The number of carbonyl (C=O) groups excluding carboxylic acids is 3. The van der Waals surface area contributed by atoms with Gasteiger partial charge in [-0.05, 0) is 20.8 Å². The second-order valence-corrected chi connectivity index (χ2v) is 10.6. The van der Waals surface area contributed by atoms with Crippen LogP contribution in [0.15, 0.2) is 0 Å². The fourth-order valence-electron chi connectivity index (χ4n) is 2.97. The minimum atomic E-state index is -1.75. The zero-order chi connectivity index (χ0) is 19.2. The molecule has 0 saturated carbocycles. The van der Waals surface area contributed by atoms with Crippen molar-refractivity contribution in [1.82, 2.24) is 4.90 Å². The first-order valence-corrected chi connectivity index (χ1v) is 9.38. The molecule has 0 unspecified atom stereocenters. The summed E-state index contributed by atoms with van der Waals surface area (Å²) in [5, 5.41) is -0.289. The molecule has 25 heavy (non-hydrogen) atoms. The standard InChI is InChI=1S/C14H18Cl3NO6S/c1-6(24-12(21)23-5-14(15,16)17)7-9(19)18-8(11(20)22-4)13(2,3)25-10(7)18/h6-8,10H,5H2,1-4H3/t6-,7+,8+,10-/m1/s1. The van der Waals surface area contributed by atoms with Gasteiger partial charge in [-0.15, -0.1) is 11.8 Å². The van der Waals surface area contributed by atoms with Crippen LogP contribution in [0, 0.1) is 5.92 Å². The molecule has 0 spiro atoms. The van der Waals surface area contributed by atoms with Crippen LogP contribution < -0.4 is 0 Å². The lowest BCUT2D eigenvalue weighted by molar-refractivity contribution is -0.170. The highest BCUT2D eigenvalue weighted by atomic mass is 35.6. The Morgan fingerprint density at radius 3 is 2.48 bits per heavy atom. The SMILES string of the molecule is COC(=O)[C@@H]1N2C(=O)[C@H]([C@@H](C)OC(=O)OCC(Cl)(Cl)Cl)[C@H]2SC1(C)C. The minimum Gasteiger partial charge on any atom is -0.467 e. The number of esters is 1. The molecule has 0 bridgehead atoms. The number of nitrogens with zero attached hydrogens (tertiary/aromatic N) is 1. The van der Waals surface area contributed by atoms with Crippen molar-refractivity contribution < 1.29 is 28.6 Å². The predicted molar refractivity (Wildman–Crippen MR) is 93.8 cm³/mol. The van der Waals surface area contributed by atoms with E-state index in [-0.39, 0.29) is 11.3 Å². The number of β-lactam (4-membered cyclic amide) rings is 1. The van der Waals surface area contributed by atoms with Crippen LogP contribution in [0.2, 0.25) is 0 Å². The van der Waals surface area contributed by atoms with Crippen LogP contribution in [-0.2, 0) is 23.8 Å². The Kier molecular flexibility index (Phi) is 5.98. The van der Waals surface area contributed by atoms with Crippen LogP contribution in [0.25, 0.3) is 0 Å². The summed E-state index contributed by atoms with van der Waals surface area (Å²) in [5.74, 6) is -1.33. The van der Waals surface area contributed by atoms with Crippen molar-refractivity contribution in [3.63, 3.8) is 0 Å². The first-order chi connectivity index (χ1) is 11.4. The lowest BCUT2D eigenvalue weighted by atomic mass is 9.88. The number of ether oxygens (including phenoxy) is 3. The lowest BCUT2D eigenvalue weighted by Crippen LogP contribution is -2.65. The summed E-state index contributed by atoms with van der Waals surface area (Å²) in [5.41, 5.74) is 0. The van der Waals surface area contributed by atoms with E-state index in [1.54, 1.807) is 6.92 Å². The van der Waals surface area contributed by atoms with E-state index in [1.165, 1.54) is 23.8 Å². The van der Waals surface area contributed by atoms with Crippen molar-refractivity contribution in [3.8, 4) is 0 Å². The normalized spacial score (nSPS) is 28.7. The second-order valence-electron chi connectivity index (χ2n) is 6.29. The van der Waals surface area contributed by atoms with E-state index in [2.05, 4.69) is 0 Å². The van der Waals surface area contributed by atoms with Crippen LogP contribution in [0.3, 0.4) is 0 Å². The molecule has 2 aliphatic heterocycles. The van der Waals surface area contributed by atoms with E-state index in [0.29, 0.717) is 0 Å². The fourth-order valence-corrected chi connectivity index (χ4v) is 4.91. The maximum absolute atomic E-state index is 12.5. The van der Waals surface area contributed by atoms with Crippen LogP contribution in [-0.4, -0.2) is 62.7 Å². The van der Waals surface area contributed by atoms with E-state index in [0.717, 1.165) is 0 Å². The second kappa shape index (κ2) is 7.21. The number of methoxy groups -OCH3 is 1. The van der Waals surface area contributed by atoms with E-state index >= 15 is 0 Å². The molecule has 4 atom stereocenters. The van der Waals surface area contributed by atoms with E-state index in [9.17, 15) is 14.4 Å². The predicted octanol–water partition coefficient (Wildman–Crippen LogP) is 2.75. The average molecular weight is 435 g/mol. The monoisotopic (exact) mass is 433 g/mol. The average Bonchev–Trinajstić information content (AvgIpc) is 2.71. The van der Waals surface area contributed by atoms with Crippen LogP contribution in [0.5, 0.6) is 0 Å². The van der Waals surface area contributed by atoms with Gasteiger partial charge in [-0.1, -0.05) is 34.8 Å². The largest absolute Gasteiger partial charge is 0.508 e. The topological polar surface area (TPSA) is 82.1 Å². The number of alkyl halides is 3. The van der Waals surface area contributed by atoms with Gasteiger partial charge in [0.15, 0.2) is 0 Å². The summed E-state index contributed by atoms with van der Waals surface area (Å²) < 4.78 is 12.3. The van der Waals surface area contributed by atoms with E-state index < -0.39 is 45.3 Å². The summed E-state index contributed by atoms with van der Waals surface area (Å²) in [4.78, 5) is 37.7. The highest BCUT2D eigenvalue weighted by Gasteiger charge is 2.65. The van der Waals surface area contributed by atoms with Crippen molar-refractivity contribution >= 4 is 64.6 Å².